The van der Waals surface area contributed by atoms with Crippen molar-refractivity contribution in [2.45, 2.75) is 18.9 Å². The molecule has 1 unspecified atom stereocenters. The van der Waals surface area contributed by atoms with Crippen LogP contribution >= 0.6 is 11.3 Å². The average Bonchev–Trinajstić information content (AvgIpc) is 2.63. The maximum absolute atomic E-state index is 10.5. The van der Waals surface area contributed by atoms with E-state index in [0.29, 0.717) is 6.29 Å². The van der Waals surface area contributed by atoms with Crippen LogP contribution in [0.15, 0.2) is 17.8 Å². The Balaban J connectivity index is 2.27. The van der Waals surface area contributed by atoms with Crippen LogP contribution in [0.1, 0.15) is 12.6 Å². The maximum Gasteiger partial charge on any atom is 0.193 e. The Labute approximate surface area is 84.8 Å². The number of nitrogens with zero attached hydrogens (tertiary/aromatic N) is 2. The number of carbonyl (C=O) groups is 1. The summed E-state index contributed by atoms with van der Waals surface area (Å²) in [7, 11) is 0. The molecule has 74 valence electrons. The van der Waals surface area contributed by atoms with Crippen molar-refractivity contribution in [1.82, 2.24) is 9.38 Å². The summed E-state index contributed by atoms with van der Waals surface area (Å²) in [6, 6.07) is 0. The molecule has 2 aromatic heterocycles. The fourth-order valence-corrected chi connectivity index (χ4v) is 1.99. The van der Waals surface area contributed by atoms with E-state index in [4.69, 9.17) is 0 Å². The third-order valence-corrected chi connectivity index (χ3v) is 2.71. The molecule has 0 saturated carbocycles. The van der Waals surface area contributed by atoms with E-state index in [0.717, 1.165) is 10.7 Å². The molecular weight excluding hydrogens is 200 g/mol. The Morgan fingerprint density at radius 3 is 3.21 bits per heavy atom. The minimum Gasteiger partial charge on any atom is -0.382 e. The SMILES string of the molecule is CC(O)(C=O)Cc1cn2ccsc2n1. The fraction of sp³-hybridized carbons (Fsp3) is 0.333. The molecule has 2 aromatic rings. The van der Waals surface area contributed by atoms with Gasteiger partial charge in [0.1, 0.15) is 5.60 Å². The maximum atomic E-state index is 10.5. The summed E-state index contributed by atoms with van der Waals surface area (Å²) in [6.07, 6.45) is 4.52. The topological polar surface area (TPSA) is 54.6 Å². The Morgan fingerprint density at radius 2 is 2.57 bits per heavy atom. The van der Waals surface area contributed by atoms with Crippen molar-refractivity contribution in [3.63, 3.8) is 0 Å². The van der Waals surface area contributed by atoms with Crippen molar-refractivity contribution >= 4 is 22.6 Å². The standard InChI is InChI=1S/C9H10N2O2S/c1-9(13,6-12)4-7-5-11-2-3-14-8(11)10-7/h2-3,5-6,13H,4H2,1H3. The molecule has 0 aliphatic heterocycles. The largest absolute Gasteiger partial charge is 0.382 e. The molecule has 0 radical (unpaired) electrons. The van der Waals surface area contributed by atoms with Gasteiger partial charge in [-0.15, -0.1) is 11.3 Å². The quantitative estimate of drug-likeness (QED) is 0.765. The molecule has 1 atom stereocenters. The average molecular weight is 210 g/mol. The van der Waals surface area contributed by atoms with Gasteiger partial charge in [-0.1, -0.05) is 0 Å². The molecular formula is C9H10N2O2S. The molecule has 0 bridgehead atoms. The van der Waals surface area contributed by atoms with Crippen molar-refractivity contribution in [2.75, 3.05) is 0 Å². The molecule has 0 aliphatic carbocycles. The fourth-order valence-electron chi connectivity index (χ4n) is 1.27. The van der Waals surface area contributed by atoms with Gasteiger partial charge in [0.15, 0.2) is 11.2 Å². The highest BCUT2D eigenvalue weighted by atomic mass is 32.1. The molecule has 4 nitrogen and oxygen atoms in total. The zero-order chi connectivity index (χ0) is 10.2. The van der Waals surface area contributed by atoms with Crippen LogP contribution in [0.4, 0.5) is 0 Å². The van der Waals surface area contributed by atoms with Gasteiger partial charge in [-0.2, -0.15) is 0 Å². The molecule has 0 aliphatic rings. The number of imidazole rings is 1. The summed E-state index contributed by atoms with van der Waals surface area (Å²) in [5.74, 6) is 0. The van der Waals surface area contributed by atoms with Gasteiger partial charge in [-0.25, -0.2) is 4.98 Å². The number of thiazole rings is 1. The second-order valence-corrected chi connectivity index (χ2v) is 4.35. The highest BCUT2D eigenvalue weighted by molar-refractivity contribution is 7.15. The van der Waals surface area contributed by atoms with E-state index in [9.17, 15) is 9.90 Å². The lowest BCUT2D eigenvalue weighted by atomic mass is 10.0. The zero-order valence-electron chi connectivity index (χ0n) is 7.67. The van der Waals surface area contributed by atoms with Gasteiger partial charge >= 0.3 is 0 Å². The van der Waals surface area contributed by atoms with E-state index >= 15 is 0 Å². The van der Waals surface area contributed by atoms with Gasteiger partial charge in [-0.3, -0.25) is 4.40 Å². The number of rotatable bonds is 3. The first-order valence-corrected chi connectivity index (χ1v) is 5.08. The second-order valence-electron chi connectivity index (χ2n) is 3.48. The van der Waals surface area contributed by atoms with Crippen LogP contribution in [0, 0.1) is 0 Å². The third kappa shape index (κ3) is 1.69. The Kier molecular flexibility index (Phi) is 2.13. The highest BCUT2D eigenvalue weighted by Crippen LogP contribution is 2.15. The number of aldehydes is 1. The minimum absolute atomic E-state index is 0.255. The number of hydrogen-bond acceptors (Lipinski definition) is 4. The van der Waals surface area contributed by atoms with Crippen LogP contribution in [-0.4, -0.2) is 26.4 Å². The monoisotopic (exact) mass is 210 g/mol. The van der Waals surface area contributed by atoms with Gasteiger partial charge in [0.05, 0.1) is 5.69 Å². The van der Waals surface area contributed by atoms with Crippen LogP contribution in [0.3, 0.4) is 0 Å². The Morgan fingerprint density at radius 1 is 1.79 bits per heavy atom. The summed E-state index contributed by atoms with van der Waals surface area (Å²) >= 11 is 1.52. The van der Waals surface area contributed by atoms with Crippen molar-refractivity contribution in [1.29, 1.82) is 0 Å². The van der Waals surface area contributed by atoms with Crippen molar-refractivity contribution in [2.24, 2.45) is 0 Å². The molecule has 0 aromatic carbocycles. The summed E-state index contributed by atoms with van der Waals surface area (Å²) < 4.78 is 1.88. The van der Waals surface area contributed by atoms with Crippen molar-refractivity contribution in [3.8, 4) is 0 Å². The second kappa shape index (κ2) is 3.18. The van der Waals surface area contributed by atoms with Crippen LogP contribution < -0.4 is 0 Å². The minimum atomic E-state index is -1.32. The predicted molar refractivity (Wildman–Crippen MR) is 53.5 cm³/mol. The lowest BCUT2D eigenvalue weighted by molar-refractivity contribution is -0.122. The van der Waals surface area contributed by atoms with Crippen LogP contribution in [0.25, 0.3) is 4.96 Å². The number of aromatic nitrogens is 2. The highest BCUT2D eigenvalue weighted by Gasteiger charge is 2.21. The molecule has 1 N–H and O–H groups in total. The van der Waals surface area contributed by atoms with Gasteiger partial charge in [0.2, 0.25) is 0 Å². The molecule has 0 amide bonds. The first kappa shape index (κ1) is 9.36. The summed E-state index contributed by atoms with van der Waals surface area (Å²) in [4.78, 5) is 15.6. The molecule has 14 heavy (non-hydrogen) atoms. The number of aliphatic hydroxyl groups is 1. The summed E-state index contributed by atoms with van der Waals surface area (Å²) in [6.45, 7) is 1.48. The molecule has 2 heterocycles. The lowest BCUT2D eigenvalue weighted by Gasteiger charge is -2.12. The normalized spacial score (nSPS) is 15.6. The zero-order valence-corrected chi connectivity index (χ0v) is 8.49. The van der Waals surface area contributed by atoms with E-state index in [-0.39, 0.29) is 6.42 Å². The van der Waals surface area contributed by atoms with E-state index in [1.807, 2.05) is 22.2 Å². The molecule has 0 saturated heterocycles. The first-order chi connectivity index (χ1) is 6.61. The van der Waals surface area contributed by atoms with Crippen molar-refractivity contribution < 1.29 is 9.90 Å². The predicted octanol–water partition coefficient (Wildman–Crippen LogP) is 0.888. The van der Waals surface area contributed by atoms with E-state index in [1.54, 1.807) is 0 Å². The van der Waals surface area contributed by atoms with Gasteiger partial charge < -0.3 is 9.90 Å². The van der Waals surface area contributed by atoms with E-state index in [1.165, 1.54) is 18.3 Å². The lowest BCUT2D eigenvalue weighted by Crippen LogP contribution is -2.28. The number of fused-ring (bicyclic) bond motifs is 1. The van der Waals surface area contributed by atoms with Crippen LogP contribution in [0.5, 0.6) is 0 Å². The Hall–Kier alpha value is -1.20. The molecule has 0 spiro atoms. The van der Waals surface area contributed by atoms with E-state index < -0.39 is 5.60 Å². The third-order valence-electron chi connectivity index (χ3n) is 1.94. The van der Waals surface area contributed by atoms with Gasteiger partial charge in [-0.05, 0) is 6.92 Å². The van der Waals surface area contributed by atoms with Crippen LogP contribution in [0.2, 0.25) is 0 Å². The number of carbonyl (C=O) groups excluding carboxylic acids is 1. The summed E-state index contributed by atoms with van der Waals surface area (Å²) in [5.41, 5.74) is -0.585. The molecule has 5 heteroatoms. The Bertz CT molecular complexity index is 430. The first-order valence-electron chi connectivity index (χ1n) is 4.20. The molecule has 2 rings (SSSR count). The van der Waals surface area contributed by atoms with Gasteiger partial charge in [0.25, 0.3) is 0 Å². The van der Waals surface area contributed by atoms with Gasteiger partial charge in [0, 0.05) is 24.2 Å². The van der Waals surface area contributed by atoms with Crippen LogP contribution in [-0.2, 0) is 11.2 Å². The number of hydrogen-bond donors (Lipinski definition) is 1. The smallest absolute Gasteiger partial charge is 0.193 e. The van der Waals surface area contributed by atoms with Crippen molar-refractivity contribution in [3.05, 3.63) is 23.5 Å². The summed E-state index contributed by atoms with van der Waals surface area (Å²) in [5, 5.41) is 11.5. The van der Waals surface area contributed by atoms with E-state index in [2.05, 4.69) is 4.98 Å². The molecule has 0 fully saturated rings.